The fourth-order valence-electron chi connectivity index (χ4n) is 5.57. The summed E-state index contributed by atoms with van der Waals surface area (Å²) in [4.78, 5) is 5.83. The normalized spacial score (nSPS) is 26.9. The molecule has 5 rings (SSSR count). The van der Waals surface area contributed by atoms with Gasteiger partial charge in [0.2, 0.25) is 5.82 Å². The Kier molecular flexibility index (Phi) is 5.64. The Labute approximate surface area is 194 Å². The smallest absolute Gasteiger partial charge is 0.449 e. The average molecular weight is 475 g/mol. The van der Waals surface area contributed by atoms with Gasteiger partial charge in [-0.1, -0.05) is 12.1 Å². The van der Waals surface area contributed by atoms with Crippen LogP contribution in [0.2, 0.25) is 0 Å². The van der Waals surface area contributed by atoms with E-state index in [4.69, 9.17) is 15.2 Å². The lowest BCUT2D eigenvalue weighted by Gasteiger charge is -2.33. The predicted molar refractivity (Wildman–Crippen MR) is 118 cm³/mol. The Balaban J connectivity index is 1.46. The molecule has 2 aromatic carbocycles. The molecule has 0 radical (unpaired) electrons. The monoisotopic (exact) mass is 475 g/mol. The van der Waals surface area contributed by atoms with Crippen LogP contribution >= 0.6 is 0 Å². The molecule has 2 fully saturated rings. The number of halogens is 4. The molecule has 2 aliphatic rings. The number of nitrogens with two attached hydrogens (primary N) is 1. The SMILES string of the molecule is COc1ccc(-c2cnc(C(F)(F)F)[nH]2)cc1[C@H]1CO[C@]2(CC[C@H](N)[C@H]2c2ccc(F)cc2)C1. The summed E-state index contributed by atoms with van der Waals surface area (Å²) in [7, 11) is 1.56. The van der Waals surface area contributed by atoms with Gasteiger partial charge in [-0.15, -0.1) is 0 Å². The van der Waals surface area contributed by atoms with E-state index in [-0.39, 0.29) is 29.4 Å². The van der Waals surface area contributed by atoms with Crippen molar-refractivity contribution in [1.29, 1.82) is 0 Å². The number of nitrogens with one attached hydrogen (secondary N) is 1. The van der Waals surface area contributed by atoms with Gasteiger partial charge in [0.15, 0.2) is 0 Å². The number of rotatable bonds is 4. The van der Waals surface area contributed by atoms with E-state index in [1.54, 1.807) is 31.4 Å². The van der Waals surface area contributed by atoms with Gasteiger partial charge in [-0.05, 0) is 55.2 Å². The minimum absolute atomic E-state index is 0.0341. The van der Waals surface area contributed by atoms with Crippen LogP contribution in [0.4, 0.5) is 17.6 Å². The van der Waals surface area contributed by atoms with E-state index in [0.29, 0.717) is 24.3 Å². The molecule has 2 heterocycles. The van der Waals surface area contributed by atoms with E-state index >= 15 is 0 Å². The zero-order valence-electron chi connectivity index (χ0n) is 18.5. The Morgan fingerprint density at radius 1 is 1.18 bits per heavy atom. The van der Waals surface area contributed by atoms with Crippen LogP contribution < -0.4 is 10.5 Å². The molecule has 1 saturated heterocycles. The second-order valence-corrected chi connectivity index (χ2v) is 9.11. The van der Waals surface area contributed by atoms with Crippen molar-refractivity contribution < 1.29 is 27.0 Å². The van der Waals surface area contributed by atoms with Gasteiger partial charge < -0.3 is 20.2 Å². The Bertz CT molecular complexity index is 1180. The Morgan fingerprint density at radius 2 is 1.94 bits per heavy atom. The lowest BCUT2D eigenvalue weighted by atomic mass is 9.78. The first-order chi connectivity index (χ1) is 16.2. The maximum atomic E-state index is 13.5. The van der Waals surface area contributed by atoms with Crippen LogP contribution in [0.15, 0.2) is 48.7 Å². The summed E-state index contributed by atoms with van der Waals surface area (Å²) in [6.07, 6.45) is -1.11. The number of hydrogen-bond acceptors (Lipinski definition) is 4. The fraction of sp³-hybridized carbons (Fsp3) is 0.400. The van der Waals surface area contributed by atoms with Gasteiger partial charge in [0.25, 0.3) is 0 Å². The highest BCUT2D eigenvalue weighted by atomic mass is 19.4. The highest BCUT2D eigenvalue weighted by Crippen LogP contribution is 2.54. The molecule has 1 saturated carbocycles. The zero-order valence-corrected chi connectivity index (χ0v) is 18.5. The summed E-state index contributed by atoms with van der Waals surface area (Å²) in [6.45, 7) is 0.432. The van der Waals surface area contributed by atoms with Crippen molar-refractivity contribution in [2.75, 3.05) is 13.7 Å². The third-order valence-corrected chi connectivity index (χ3v) is 7.11. The molecule has 1 spiro atoms. The summed E-state index contributed by atoms with van der Waals surface area (Å²) in [5.74, 6) is -0.804. The van der Waals surface area contributed by atoms with Crippen LogP contribution in [0.25, 0.3) is 11.3 Å². The summed E-state index contributed by atoms with van der Waals surface area (Å²) < 4.78 is 64.5. The average Bonchev–Trinajstić information content (AvgIpc) is 3.54. The number of hydrogen-bond donors (Lipinski definition) is 2. The van der Waals surface area contributed by atoms with Crippen molar-refractivity contribution in [3.05, 3.63) is 71.4 Å². The van der Waals surface area contributed by atoms with E-state index in [0.717, 1.165) is 24.0 Å². The molecule has 0 unspecified atom stereocenters. The number of nitrogens with zero attached hydrogens (tertiary/aromatic N) is 1. The number of alkyl halides is 3. The molecule has 5 nitrogen and oxygen atoms in total. The van der Waals surface area contributed by atoms with Crippen LogP contribution in [0.3, 0.4) is 0 Å². The molecule has 1 aliphatic carbocycles. The molecule has 0 bridgehead atoms. The third-order valence-electron chi connectivity index (χ3n) is 7.11. The van der Waals surface area contributed by atoms with E-state index in [1.165, 1.54) is 18.3 Å². The number of benzene rings is 2. The number of aromatic nitrogens is 2. The maximum Gasteiger partial charge on any atom is 0.449 e. The van der Waals surface area contributed by atoms with Gasteiger partial charge in [0.1, 0.15) is 11.6 Å². The number of H-pyrrole nitrogens is 1. The standard InChI is InChI=1S/C25H25F4N3O2/c1-33-21-7-4-15(20-12-31-23(32-20)25(27,28)29)10-18(21)16-11-24(34-13-16)9-8-19(30)22(24)14-2-5-17(26)6-3-14/h2-7,10,12,16,19,22H,8-9,11,13,30H2,1H3,(H,31,32)/t16-,19+,22-,24-/m1/s1. The Hall–Kier alpha value is -2.91. The zero-order chi connectivity index (χ0) is 24.1. The van der Waals surface area contributed by atoms with Gasteiger partial charge in [-0.3, -0.25) is 0 Å². The molecule has 1 aliphatic heterocycles. The highest BCUT2D eigenvalue weighted by Gasteiger charge is 2.53. The topological polar surface area (TPSA) is 73.2 Å². The van der Waals surface area contributed by atoms with E-state index in [1.807, 2.05) is 6.07 Å². The maximum absolute atomic E-state index is 13.5. The van der Waals surface area contributed by atoms with Crippen LogP contribution in [-0.4, -0.2) is 35.3 Å². The van der Waals surface area contributed by atoms with Crippen molar-refractivity contribution >= 4 is 0 Å². The van der Waals surface area contributed by atoms with E-state index < -0.39 is 17.6 Å². The molecular formula is C25H25F4N3O2. The van der Waals surface area contributed by atoms with Crippen LogP contribution in [0.5, 0.6) is 5.75 Å². The van der Waals surface area contributed by atoms with Crippen LogP contribution in [0, 0.1) is 5.82 Å². The second kappa shape index (κ2) is 8.39. The second-order valence-electron chi connectivity index (χ2n) is 9.11. The number of ether oxygens (including phenoxy) is 2. The molecule has 180 valence electrons. The summed E-state index contributed by atoms with van der Waals surface area (Å²) in [5, 5.41) is 0. The largest absolute Gasteiger partial charge is 0.496 e. The number of methoxy groups -OCH3 is 1. The lowest BCUT2D eigenvalue weighted by molar-refractivity contribution is -0.144. The van der Waals surface area contributed by atoms with Crippen molar-refractivity contribution in [2.24, 2.45) is 5.73 Å². The minimum atomic E-state index is -4.55. The molecule has 1 aromatic heterocycles. The predicted octanol–water partition coefficient (Wildman–Crippen LogP) is 5.39. The molecule has 3 N–H and O–H groups in total. The molecular weight excluding hydrogens is 450 g/mol. The van der Waals surface area contributed by atoms with Crippen molar-refractivity contribution in [3.63, 3.8) is 0 Å². The van der Waals surface area contributed by atoms with Gasteiger partial charge in [-0.2, -0.15) is 13.2 Å². The van der Waals surface area contributed by atoms with Crippen molar-refractivity contribution in [3.8, 4) is 17.0 Å². The fourth-order valence-corrected chi connectivity index (χ4v) is 5.57. The first-order valence-corrected chi connectivity index (χ1v) is 11.2. The van der Waals surface area contributed by atoms with E-state index in [2.05, 4.69) is 9.97 Å². The summed E-state index contributed by atoms with van der Waals surface area (Å²) >= 11 is 0. The molecule has 4 atom stereocenters. The molecule has 0 amide bonds. The molecule has 9 heteroatoms. The molecule has 3 aromatic rings. The van der Waals surface area contributed by atoms with Gasteiger partial charge in [-0.25, -0.2) is 9.37 Å². The summed E-state index contributed by atoms with van der Waals surface area (Å²) in [6, 6.07) is 11.6. The minimum Gasteiger partial charge on any atom is -0.496 e. The Morgan fingerprint density at radius 3 is 2.62 bits per heavy atom. The van der Waals surface area contributed by atoms with E-state index in [9.17, 15) is 17.6 Å². The number of aromatic amines is 1. The molecule has 34 heavy (non-hydrogen) atoms. The first kappa shape index (κ1) is 22.9. The van der Waals surface area contributed by atoms with Gasteiger partial charge in [0, 0.05) is 29.0 Å². The van der Waals surface area contributed by atoms with Gasteiger partial charge in [0.05, 0.1) is 31.2 Å². The number of imidazole rings is 1. The first-order valence-electron chi connectivity index (χ1n) is 11.2. The van der Waals surface area contributed by atoms with Crippen molar-refractivity contribution in [2.45, 2.75) is 48.9 Å². The van der Waals surface area contributed by atoms with Crippen LogP contribution in [-0.2, 0) is 10.9 Å². The quantitative estimate of drug-likeness (QED) is 0.497. The summed E-state index contributed by atoms with van der Waals surface area (Å²) in [5.41, 5.74) is 8.66. The van der Waals surface area contributed by atoms with Crippen LogP contribution in [0.1, 0.15) is 48.0 Å². The highest BCUT2D eigenvalue weighted by molar-refractivity contribution is 5.62. The van der Waals surface area contributed by atoms with Gasteiger partial charge >= 0.3 is 6.18 Å². The van der Waals surface area contributed by atoms with Crippen molar-refractivity contribution in [1.82, 2.24) is 9.97 Å². The third kappa shape index (κ3) is 3.96. The lowest BCUT2D eigenvalue weighted by Crippen LogP contribution is -2.37.